The van der Waals surface area contributed by atoms with Gasteiger partial charge in [0, 0.05) is 5.57 Å². The van der Waals surface area contributed by atoms with Crippen molar-refractivity contribution < 1.29 is 9.53 Å². The van der Waals surface area contributed by atoms with Crippen LogP contribution in [0.15, 0.2) is 11.6 Å². The SMILES string of the molecule is CCCOC(=O)C1=CC2CCC1C2. The van der Waals surface area contributed by atoms with Crippen molar-refractivity contribution in [2.24, 2.45) is 11.8 Å². The van der Waals surface area contributed by atoms with E-state index in [-0.39, 0.29) is 5.97 Å². The number of fused-ring (bicyclic) bond motifs is 2. The number of hydrogen-bond donors (Lipinski definition) is 0. The van der Waals surface area contributed by atoms with Crippen molar-refractivity contribution in [2.75, 3.05) is 6.61 Å². The van der Waals surface area contributed by atoms with E-state index in [4.69, 9.17) is 4.74 Å². The van der Waals surface area contributed by atoms with Crippen molar-refractivity contribution >= 4 is 5.97 Å². The van der Waals surface area contributed by atoms with E-state index in [0.717, 1.165) is 12.0 Å². The van der Waals surface area contributed by atoms with Gasteiger partial charge in [-0.1, -0.05) is 13.0 Å². The lowest BCUT2D eigenvalue weighted by Gasteiger charge is -2.11. The van der Waals surface area contributed by atoms with Gasteiger partial charge in [0.1, 0.15) is 0 Å². The predicted molar refractivity (Wildman–Crippen MR) is 50.2 cm³/mol. The van der Waals surface area contributed by atoms with Crippen LogP contribution in [0.3, 0.4) is 0 Å². The van der Waals surface area contributed by atoms with E-state index in [9.17, 15) is 4.79 Å². The summed E-state index contributed by atoms with van der Waals surface area (Å²) in [7, 11) is 0. The first kappa shape index (κ1) is 8.79. The third-order valence-corrected chi connectivity index (χ3v) is 3.00. The molecule has 13 heavy (non-hydrogen) atoms. The lowest BCUT2D eigenvalue weighted by atomic mass is 9.99. The fourth-order valence-electron chi connectivity index (χ4n) is 2.35. The molecule has 0 aliphatic heterocycles. The Hall–Kier alpha value is -0.790. The smallest absolute Gasteiger partial charge is 0.333 e. The van der Waals surface area contributed by atoms with Crippen LogP contribution in [-0.2, 0) is 9.53 Å². The highest BCUT2D eigenvalue weighted by molar-refractivity contribution is 5.89. The van der Waals surface area contributed by atoms with E-state index in [2.05, 4.69) is 6.08 Å². The summed E-state index contributed by atoms with van der Waals surface area (Å²) in [4.78, 5) is 11.5. The van der Waals surface area contributed by atoms with Gasteiger partial charge in [0.15, 0.2) is 0 Å². The minimum absolute atomic E-state index is 0.0611. The van der Waals surface area contributed by atoms with E-state index in [0.29, 0.717) is 18.4 Å². The first-order valence-corrected chi connectivity index (χ1v) is 5.20. The largest absolute Gasteiger partial charge is 0.462 e. The number of ether oxygens (including phenoxy) is 1. The molecule has 2 rings (SSSR count). The van der Waals surface area contributed by atoms with Gasteiger partial charge in [0.05, 0.1) is 6.61 Å². The molecular formula is C11H16O2. The lowest BCUT2D eigenvalue weighted by Crippen LogP contribution is -2.13. The normalized spacial score (nSPS) is 30.4. The van der Waals surface area contributed by atoms with E-state index in [1.54, 1.807) is 0 Å². The van der Waals surface area contributed by atoms with Crippen molar-refractivity contribution in [3.05, 3.63) is 11.6 Å². The number of carbonyl (C=O) groups is 1. The van der Waals surface area contributed by atoms with Crippen LogP contribution in [0.2, 0.25) is 0 Å². The molecule has 2 aliphatic rings. The Balaban J connectivity index is 1.94. The maximum Gasteiger partial charge on any atom is 0.333 e. The van der Waals surface area contributed by atoms with Gasteiger partial charge in [-0.2, -0.15) is 0 Å². The average Bonchev–Trinajstić information content (AvgIpc) is 2.74. The Morgan fingerprint density at radius 2 is 2.46 bits per heavy atom. The molecule has 2 nitrogen and oxygen atoms in total. The third-order valence-electron chi connectivity index (χ3n) is 3.00. The van der Waals surface area contributed by atoms with Gasteiger partial charge in [0.2, 0.25) is 0 Å². The quantitative estimate of drug-likeness (QED) is 0.623. The van der Waals surface area contributed by atoms with Crippen molar-refractivity contribution in [3.63, 3.8) is 0 Å². The zero-order chi connectivity index (χ0) is 9.26. The Labute approximate surface area is 79.0 Å². The Bertz CT molecular complexity index is 242. The molecule has 0 aromatic heterocycles. The number of carbonyl (C=O) groups excluding carboxylic acids is 1. The molecule has 2 unspecified atom stereocenters. The average molecular weight is 180 g/mol. The Morgan fingerprint density at radius 1 is 1.62 bits per heavy atom. The van der Waals surface area contributed by atoms with E-state index < -0.39 is 0 Å². The highest BCUT2D eigenvalue weighted by Crippen LogP contribution is 2.43. The van der Waals surface area contributed by atoms with Crippen molar-refractivity contribution in [1.29, 1.82) is 0 Å². The summed E-state index contributed by atoms with van der Waals surface area (Å²) in [5.74, 6) is 1.14. The topological polar surface area (TPSA) is 26.3 Å². The summed E-state index contributed by atoms with van der Waals surface area (Å²) in [6.07, 6.45) is 6.70. The van der Waals surface area contributed by atoms with E-state index in [1.807, 2.05) is 6.92 Å². The van der Waals surface area contributed by atoms with Crippen LogP contribution < -0.4 is 0 Å². The molecule has 0 heterocycles. The maximum absolute atomic E-state index is 11.5. The summed E-state index contributed by atoms with van der Waals surface area (Å²) >= 11 is 0. The summed E-state index contributed by atoms with van der Waals surface area (Å²) < 4.78 is 5.12. The van der Waals surface area contributed by atoms with Crippen molar-refractivity contribution in [3.8, 4) is 0 Å². The fraction of sp³-hybridized carbons (Fsp3) is 0.727. The molecule has 2 heteroatoms. The Morgan fingerprint density at radius 3 is 3.00 bits per heavy atom. The first-order chi connectivity index (χ1) is 6.31. The highest BCUT2D eigenvalue weighted by Gasteiger charge is 2.36. The number of allylic oxidation sites excluding steroid dienone is 1. The van der Waals surface area contributed by atoms with Crippen LogP contribution >= 0.6 is 0 Å². The zero-order valence-corrected chi connectivity index (χ0v) is 8.08. The van der Waals surface area contributed by atoms with Gasteiger partial charge >= 0.3 is 5.97 Å². The third kappa shape index (κ3) is 1.62. The summed E-state index contributed by atoms with van der Waals surface area (Å²) in [6.45, 7) is 2.58. The molecule has 1 fully saturated rings. The van der Waals surface area contributed by atoms with Crippen LogP contribution in [-0.4, -0.2) is 12.6 Å². The number of rotatable bonds is 3. The van der Waals surface area contributed by atoms with Crippen LogP contribution in [0.4, 0.5) is 0 Å². The lowest BCUT2D eigenvalue weighted by molar-refractivity contribution is -0.139. The molecule has 2 aliphatic carbocycles. The van der Waals surface area contributed by atoms with Crippen LogP contribution in [0.1, 0.15) is 32.6 Å². The molecule has 0 spiro atoms. The van der Waals surface area contributed by atoms with E-state index >= 15 is 0 Å². The molecule has 0 aromatic rings. The van der Waals surface area contributed by atoms with Gasteiger partial charge in [-0.25, -0.2) is 4.79 Å². The second kappa shape index (κ2) is 3.52. The van der Waals surface area contributed by atoms with Gasteiger partial charge in [0.25, 0.3) is 0 Å². The number of hydrogen-bond acceptors (Lipinski definition) is 2. The number of esters is 1. The Kier molecular flexibility index (Phi) is 2.38. The first-order valence-electron chi connectivity index (χ1n) is 5.20. The minimum Gasteiger partial charge on any atom is -0.462 e. The van der Waals surface area contributed by atoms with Crippen molar-refractivity contribution in [1.82, 2.24) is 0 Å². The maximum atomic E-state index is 11.5. The standard InChI is InChI=1S/C11H16O2/c1-2-5-13-11(12)10-7-8-3-4-9(10)6-8/h7-9H,2-6H2,1H3. The molecule has 0 aromatic carbocycles. The summed E-state index contributed by atoms with van der Waals surface area (Å²) in [6, 6.07) is 0. The molecule has 0 saturated heterocycles. The second-order valence-corrected chi connectivity index (χ2v) is 4.03. The van der Waals surface area contributed by atoms with Crippen LogP contribution in [0.25, 0.3) is 0 Å². The minimum atomic E-state index is -0.0611. The van der Waals surface area contributed by atoms with Gasteiger partial charge in [-0.15, -0.1) is 0 Å². The monoisotopic (exact) mass is 180 g/mol. The van der Waals surface area contributed by atoms with Gasteiger partial charge in [-0.3, -0.25) is 0 Å². The second-order valence-electron chi connectivity index (χ2n) is 4.03. The van der Waals surface area contributed by atoms with E-state index in [1.165, 1.54) is 19.3 Å². The van der Waals surface area contributed by atoms with Crippen LogP contribution in [0, 0.1) is 11.8 Å². The highest BCUT2D eigenvalue weighted by atomic mass is 16.5. The molecule has 2 bridgehead atoms. The summed E-state index contributed by atoms with van der Waals surface area (Å²) in [5.41, 5.74) is 0.963. The van der Waals surface area contributed by atoms with Gasteiger partial charge in [-0.05, 0) is 37.5 Å². The molecule has 0 amide bonds. The fourth-order valence-corrected chi connectivity index (χ4v) is 2.35. The molecular weight excluding hydrogens is 164 g/mol. The molecule has 72 valence electrons. The summed E-state index contributed by atoms with van der Waals surface area (Å²) in [5, 5.41) is 0. The molecule has 1 saturated carbocycles. The van der Waals surface area contributed by atoms with Crippen LogP contribution in [0.5, 0.6) is 0 Å². The molecule has 0 radical (unpaired) electrons. The van der Waals surface area contributed by atoms with Gasteiger partial charge < -0.3 is 4.74 Å². The zero-order valence-electron chi connectivity index (χ0n) is 8.08. The molecule has 0 N–H and O–H groups in total. The van der Waals surface area contributed by atoms with Crippen molar-refractivity contribution in [2.45, 2.75) is 32.6 Å². The predicted octanol–water partition coefficient (Wildman–Crippen LogP) is 2.30. The molecule has 2 atom stereocenters.